The van der Waals surface area contributed by atoms with Crippen molar-refractivity contribution < 1.29 is 24.0 Å². The second-order valence-electron chi connectivity index (χ2n) is 17.7. The van der Waals surface area contributed by atoms with E-state index < -0.39 is 5.91 Å². The number of carbonyl (C=O) groups excluding carboxylic acids is 4. The number of carbonyl (C=O) groups is 4. The van der Waals surface area contributed by atoms with Crippen LogP contribution in [0.2, 0.25) is 0 Å². The number of nitrogens with two attached hydrogens (primary N) is 1. The van der Waals surface area contributed by atoms with Gasteiger partial charge in [0.2, 0.25) is 11.8 Å². The normalized spacial score (nSPS) is 29.4. The first-order chi connectivity index (χ1) is 28.1. The molecule has 2 aromatic carbocycles. The highest BCUT2D eigenvalue weighted by molar-refractivity contribution is 5.99. The number of hydrogen-bond donors (Lipinski definition) is 4. The number of likely N-dealkylation sites (tertiary alicyclic amines) is 1. The molecular weight excluding hydrogens is 737 g/mol. The third-order valence-electron chi connectivity index (χ3n) is 14.1. The predicted molar refractivity (Wildman–Crippen MR) is 215 cm³/mol. The molecule has 6 heterocycles. The summed E-state index contributed by atoms with van der Waals surface area (Å²) < 4.78 is 0. The van der Waals surface area contributed by atoms with E-state index in [9.17, 15) is 19.2 Å². The molecule has 5 aliphatic heterocycles. The van der Waals surface area contributed by atoms with Crippen LogP contribution in [-0.4, -0.2) is 107 Å². The minimum atomic E-state index is -0.639. The van der Waals surface area contributed by atoms with Gasteiger partial charge in [-0.1, -0.05) is 24.3 Å². The molecule has 304 valence electrons. The fraction of sp³-hybridized carbons (Fsp3) is 0.535. The van der Waals surface area contributed by atoms with E-state index in [2.05, 4.69) is 67.3 Å². The molecule has 7 atom stereocenters. The molecule has 0 radical (unpaired) electrons. The zero-order valence-corrected chi connectivity index (χ0v) is 33.0. The molecule has 15 nitrogen and oxygen atoms in total. The van der Waals surface area contributed by atoms with E-state index in [1.54, 1.807) is 11.1 Å². The number of hydroxylamine groups is 1. The van der Waals surface area contributed by atoms with Crippen molar-refractivity contribution in [3.05, 3.63) is 70.5 Å². The molecule has 0 spiro atoms. The molecule has 2 aliphatic carbocycles. The van der Waals surface area contributed by atoms with E-state index in [1.165, 1.54) is 29.5 Å². The lowest BCUT2D eigenvalue weighted by Gasteiger charge is -2.37. The fourth-order valence-corrected chi connectivity index (χ4v) is 11.2. The summed E-state index contributed by atoms with van der Waals surface area (Å²) >= 11 is 0. The maximum atomic E-state index is 12.7. The highest BCUT2D eigenvalue weighted by Crippen LogP contribution is 2.48. The summed E-state index contributed by atoms with van der Waals surface area (Å²) in [6, 6.07) is 12.8. The van der Waals surface area contributed by atoms with Gasteiger partial charge in [-0.05, 0) is 91.9 Å². The molecule has 10 rings (SSSR count). The number of imide groups is 1. The number of rotatable bonds is 9. The summed E-state index contributed by atoms with van der Waals surface area (Å²) in [7, 11) is 1.84. The van der Waals surface area contributed by atoms with Crippen molar-refractivity contribution in [2.45, 2.75) is 69.4 Å². The summed E-state index contributed by atoms with van der Waals surface area (Å²) in [5, 5.41) is 5.82. The van der Waals surface area contributed by atoms with Crippen LogP contribution in [0.5, 0.6) is 5.75 Å². The Bertz CT molecular complexity index is 2130. The Kier molecular flexibility index (Phi) is 9.47. The number of hydrogen-bond acceptors (Lipinski definition) is 11. The van der Waals surface area contributed by atoms with Crippen molar-refractivity contribution >= 4 is 41.1 Å². The van der Waals surface area contributed by atoms with E-state index in [4.69, 9.17) is 15.6 Å². The van der Waals surface area contributed by atoms with Gasteiger partial charge in [0.1, 0.15) is 5.82 Å². The molecule has 58 heavy (non-hydrogen) atoms. The topological polar surface area (TPSA) is 178 Å². The monoisotopic (exact) mass is 788 g/mol. The molecule has 1 saturated carbocycles. The number of piperidine rings is 2. The lowest BCUT2D eigenvalue weighted by Crippen LogP contribution is -2.49. The summed E-state index contributed by atoms with van der Waals surface area (Å²) in [4.78, 5) is 73.3. The first-order valence-corrected chi connectivity index (χ1v) is 21.1. The first-order valence-electron chi connectivity index (χ1n) is 21.1. The highest BCUT2D eigenvalue weighted by Gasteiger charge is 2.44. The van der Waals surface area contributed by atoms with Crippen LogP contribution in [0.25, 0.3) is 0 Å². The number of nitrogens with zero attached hydrogens (tertiary/aromatic N) is 6. The number of primary amides is 1. The predicted octanol–water partition coefficient (Wildman–Crippen LogP) is 3.49. The molecule has 5 N–H and O–H groups in total. The summed E-state index contributed by atoms with van der Waals surface area (Å²) in [6.45, 7) is 6.29. The lowest BCUT2D eigenvalue weighted by atomic mass is 9.86. The Labute approximate surface area is 338 Å². The van der Waals surface area contributed by atoms with Gasteiger partial charge in [-0.25, -0.2) is 14.8 Å². The summed E-state index contributed by atoms with van der Waals surface area (Å²) in [6.07, 6.45) is 8.76. The van der Waals surface area contributed by atoms with Crippen LogP contribution < -0.4 is 31.6 Å². The van der Waals surface area contributed by atoms with Gasteiger partial charge in [0.05, 0.1) is 24.2 Å². The fourth-order valence-electron chi connectivity index (χ4n) is 11.2. The van der Waals surface area contributed by atoms with Gasteiger partial charge >= 0.3 is 6.03 Å². The van der Waals surface area contributed by atoms with Crippen molar-refractivity contribution in [1.29, 1.82) is 0 Å². The number of urea groups is 1. The van der Waals surface area contributed by atoms with E-state index in [1.807, 2.05) is 11.9 Å². The lowest BCUT2D eigenvalue weighted by molar-refractivity contribution is -0.137. The number of nitrogens with one attached hydrogen (secondary N) is 3. The quantitative estimate of drug-likeness (QED) is 0.234. The Morgan fingerprint density at radius 1 is 0.983 bits per heavy atom. The summed E-state index contributed by atoms with van der Waals surface area (Å²) in [5.41, 5.74) is 14.8. The van der Waals surface area contributed by atoms with Gasteiger partial charge < -0.3 is 35.5 Å². The minimum Gasteiger partial charge on any atom is -0.407 e. The van der Waals surface area contributed by atoms with Crippen molar-refractivity contribution in [3.8, 4) is 5.75 Å². The third kappa shape index (κ3) is 6.81. The minimum absolute atomic E-state index is 0.0738. The Morgan fingerprint density at radius 3 is 2.53 bits per heavy atom. The van der Waals surface area contributed by atoms with Crippen molar-refractivity contribution in [3.63, 3.8) is 0 Å². The Morgan fingerprint density at radius 2 is 1.79 bits per heavy atom. The van der Waals surface area contributed by atoms with Crippen molar-refractivity contribution in [2.24, 2.45) is 29.4 Å². The molecule has 4 unspecified atom stereocenters. The van der Waals surface area contributed by atoms with Crippen LogP contribution in [0.3, 0.4) is 0 Å². The number of fused-ring (bicyclic) bond motifs is 4. The van der Waals surface area contributed by atoms with Gasteiger partial charge in [0.15, 0.2) is 17.3 Å². The van der Waals surface area contributed by atoms with Gasteiger partial charge in [0.25, 0.3) is 5.91 Å². The molecule has 0 bridgehead atoms. The molecule has 15 heteroatoms. The van der Waals surface area contributed by atoms with Gasteiger partial charge in [-0.2, -0.15) is 0 Å². The van der Waals surface area contributed by atoms with Crippen molar-refractivity contribution in [2.75, 3.05) is 63.1 Å². The third-order valence-corrected chi connectivity index (χ3v) is 14.1. The maximum Gasteiger partial charge on any atom is 0.320 e. The summed E-state index contributed by atoms with van der Waals surface area (Å²) in [5.74, 6) is 2.94. The first kappa shape index (κ1) is 37.0. The largest absolute Gasteiger partial charge is 0.407 e. The Balaban J connectivity index is 0.737. The standard InChI is InChI=1S/C43H52N10O5/c1-50-13-14-53(43(50)57)31-3-2-12-52(23-31)35-19-45-38(40(44)55)41(47-35)46-30-7-4-25(5-8-30)27-17-28-21-51(22-29(28)18-27)20-24-15-26-6-9-32-37(49-58-39(32)34(26)16-24)33-10-11-36(54)48-42(33)56/h4-9,19,24,27-29,31,33,37,49H,2-3,10-18,20-23H2,1H3,(H2,44,55)(H,46,47)(H,48,54,56)/t24-,27?,28-,29?,31-,33?,37?/m1/s1. The molecule has 5 fully saturated rings. The number of benzene rings is 2. The number of anilines is 3. The number of aromatic nitrogens is 2. The van der Waals surface area contributed by atoms with Crippen LogP contribution >= 0.6 is 0 Å². The van der Waals surface area contributed by atoms with Gasteiger partial charge in [-0.3, -0.25) is 19.7 Å². The van der Waals surface area contributed by atoms with E-state index >= 15 is 0 Å². The van der Waals surface area contributed by atoms with E-state index in [-0.39, 0.29) is 41.5 Å². The van der Waals surface area contributed by atoms with Crippen LogP contribution in [0.1, 0.15) is 83.2 Å². The van der Waals surface area contributed by atoms with Crippen LogP contribution in [0.4, 0.5) is 22.1 Å². The molecular formula is C43H52N10O5. The van der Waals surface area contributed by atoms with Crippen LogP contribution in [0.15, 0.2) is 42.6 Å². The Hall–Kier alpha value is -5.28. The molecule has 5 amide bonds. The van der Waals surface area contributed by atoms with Crippen LogP contribution in [0, 0.1) is 23.7 Å². The average Bonchev–Trinajstić information content (AvgIpc) is 4.05. The van der Waals surface area contributed by atoms with Gasteiger partial charge in [-0.15, -0.1) is 5.48 Å². The van der Waals surface area contributed by atoms with Crippen LogP contribution in [-0.2, 0) is 22.4 Å². The molecule has 1 aromatic heterocycles. The zero-order valence-electron chi connectivity index (χ0n) is 33.0. The van der Waals surface area contributed by atoms with Gasteiger partial charge in [0, 0.05) is 76.1 Å². The van der Waals surface area contributed by atoms with E-state index in [0.29, 0.717) is 54.7 Å². The molecule has 3 aromatic rings. The second kappa shape index (κ2) is 14.8. The second-order valence-corrected chi connectivity index (χ2v) is 17.7. The highest BCUT2D eigenvalue weighted by atomic mass is 16.7. The SMILES string of the molecule is CN1CCN([C@@H]2CCCN(c3cnc(C(N)=O)c(Nc4ccc(C5CC6CN(C[C@@H]7Cc8ccc9c(c8C7)ONC9C7CCC(=O)NC7=O)C[C@H]6C5)cc4)n3)C2)C1=O. The van der Waals surface area contributed by atoms with Crippen molar-refractivity contribution in [1.82, 2.24) is 35.5 Å². The number of amides is 5. The number of likely N-dealkylation sites (N-methyl/N-ethyl adjacent to an activating group) is 1. The smallest absolute Gasteiger partial charge is 0.320 e. The average molecular weight is 789 g/mol. The molecule has 4 saturated heterocycles. The maximum absolute atomic E-state index is 12.7. The zero-order chi connectivity index (χ0) is 39.7. The van der Waals surface area contributed by atoms with E-state index in [0.717, 1.165) is 82.0 Å². The molecule has 7 aliphatic rings.